The Kier molecular flexibility index (Phi) is 6.17. The number of imidazole rings is 1. The third kappa shape index (κ3) is 4.26. The zero-order valence-electron chi connectivity index (χ0n) is 18.2. The highest BCUT2D eigenvalue weighted by Gasteiger charge is 2.32. The third-order valence-electron chi connectivity index (χ3n) is 6.12. The Morgan fingerprint density at radius 2 is 1.66 bits per heavy atom. The van der Waals surface area contributed by atoms with Crippen molar-refractivity contribution >= 4 is 22.8 Å². The minimum absolute atomic E-state index is 0.112. The molecule has 3 heterocycles. The van der Waals surface area contributed by atoms with Crippen molar-refractivity contribution in [3.63, 3.8) is 0 Å². The van der Waals surface area contributed by atoms with Crippen LogP contribution in [-0.4, -0.2) is 54.5 Å². The first-order chi connectivity index (χ1) is 15.7. The van der Waals surface area contributed by atoms with E-state index in [1.54, 1.807) is 0 Å². The van der Waals surface area contributed by atoms with Gasteiger partial charge in [0.15, 0.2) is 5.65 Å². The van der Waals surface area contributed by atoms with Gasteiger partial charge in [0, 0.05) is 26.2 Å². The van der Waals surface area contributed by atoms with Crippen molar-refractivity contribution in [2.24, 2.45) is 0 Å². The molecular weight excluding hydrogens is 420 g/mol. The van der Waals surface area contributed by atoms with Crippen LogP contribution in [0.3, 0.4) is 0 Å². The highest BCUT2D eigenvalue weighted by Crippen LogP contribution is 2.33. The molecule has 0 bridgehead atoms. The first-order valence-electron chi connectivity index (χ1n) is 11.1. The van der Waals surface area contributed by atoms with Crippen molar-refractivity contribution in [2.45, 2.75) is 31.6 Å². The van der Waals surface area contributed by atoms with Crippen LogP contribution in [0.25, 0.3) is 11.2 Å². The van der Waals surface area contributed by atoms with Crippen molar-refractivity contribution in [1.82, 2.24) is 29.3 Å². The molecule has 1 atom stereocenters. The molecule has 2 aromatic carbocycles. The molecule has 0 spiro atoms. The lowest BCUT2D eigenvalue weighted by Crippen LogP contribution is -2.51. The number of alkyl halides is 1. The van der Waals surface area contributed by atoms with Gasteiger partial charge >= 0.3 is 0 Å². The van der Waals surface area contributed by atoms with Gasteiger partial charge in [-0.2, -0.15) is 0 Å². The minimum Gasteiger partial charge on any atom is -0.315 e. The van der Waals surface area contributed by atoms with E-state index in [0.717, 1.165) is 43.2 Å². The number of aryl methyl sites for hydroxylation is 1. The normalized spacial score (nSPS) is 17.9. The highest BCUT2D eigenvalue weighted by molar-refractivity contribution is 6.20. The summed E-state index contributed by atoms with van der Waals surface area (Å²) >= 11 is 6.99. The van der Waals surface area contributed by atoms with Crippen molar-refractivity contribution in [3.05, 3.63) is 90.1 Å². The van der Waals surface area contributed by atoms with E-state index >= 15 is 0 Å². The lowest BCUT2D eigenvalue weighted by atomic mass is 9.96. The topological polar surface area (TPSA) is 50.1 Å². The Morgan fingerprint density at radius 3 is 2.28 bits per heavy atom. The van der Waals surface area contributed by atoms with Gasteiger partial charge in [-0.25, -0.2) is 15.0 Å². The lowest BCUT2D eigenvalue weighted by molar-refractivity contribution is 0.0835. The summed E-state index contributed by atoms with van der Waals surface area (Å²) in [7, 11) is 0. The quantitative estimate of drug-likeness (QED) is 0.326. The molecule has 32 heavy (non-hydrogen) atoms. The summed E-state index contributed by atoms with van der Waals surface area (Å²) < 4.78 is 2.05. The first kappa shape index (κ1) is 21.1. The van der Waals surface area contributed by atoms with Crippen LogP contribution in [0.1, 0.15) is 29.9 Å². The average Bonchev–Trinajstić information content (AvgIpc) is 3.24. The summed E-state index contributed by atoms with van der Waals surface area (Å²) in [5.74, 6) is 0.813. The summed E-state index contributed by atoms with van der Waals surface area (Å²) in [5.41, 5.74) is 4.15. The minimum atomic E-state index is -0.112. The molecule has 1 aliphatic rings. The summed E-state index contributed by atoms with van der Waals surface area (Å²) in [6.07, 6.45) is 3.64. The lowest BCUT2D eigenvalue weighted by Gasteiger charge is -2.42. The van der Waals surface area contributed by atoms with Gasteiger partial charge in [0.05, 0.1) is 30.6 Å². The first-order valence-corrected chi connectivity index (χ1v) is 11.6. The Hall–Kier alpha value is -2.80. The fourth-order valence-electron chi connectivity index (χ4n) is 4.49. The summed E-state index contributed by atoms with van der Waals surface area (Å²) in [4.78, 5) is 18.4. The number of piperazine rings is 1. The van der Waals surface area contributed by atoms with E-state index in [1.165, 1.54) is 11.1 Å². The number of nitrogens with zero attached hydrogens (tertiary/aromatic N) is 6. The molecule has 5 rings (SSSR count). The van der Waals surface area contributed by atoms with E-state index in [1.807, 2.05) is 17.1 Å². The Balaban J connectivity index is 1.34. The van der Waals surface area contributed by atoms with Crippen LogP contribution in [0.2, 0.25) is 0 Å². The van der Waals surface area contributed by atoms with Gasteiger partial charge in [-0.1, -0.05) is 60.7 Å². The van der Waals surface area contributed by atoms with Crippen LogP contribution in [-0.2, 0) is 13.1 Å². The maximum absolute atomic E-state index is 6.99. The Labute approximate surface area is 193 Å². The van der Waals surface area contributed by atoms with Crippen LogP contribution in [0.5, 0.6) is 0 Å². The molecule has 2 aromatic heterocycles. The molecule has 1 fully saturated rings. The van der Waals surface area contributed by atoms with Crippen LogP contribution in [0, 0.1) is 0 Å². The Morgan fingerprint density at radius 1 is 0.969 bits per heavy atom. The predicted octanol–water partition coefficient (Wildman–Crippen LogP) is 4.32. The number of benzene rings is 2. The fraction of sp³-hybridized carbons (Fsp3) is 0.320. The van der Waals surface area contributed by atoms with E-state index in [4.69, 9.17) is 16.6 Å². The van der Waals surface area contributed by atoms with Crippen molar-refractivity contribution in [1.29, 1.82) is 0 Å². The predicted molar refractivity (Wildman–Crippen MR) is 127 cm³/mol. The molecule has 1 saturated heterocycles. The van der Waals surface area contributed by atoms with E-state index in [-0.39, 0.29) is 11.5 Å². The monoisotopic (exact) mass is 446 g/mol. The number of hydrogen-bond donors (Lipinski definition) is 0. The number of hydrogen-bond acceptors (Lipinski definition) is 5. The second-order valence-electron chi connectivity index (χ2n) is 8.16. The van der Waals surface area contributed by atoms with Crippen molar-refractivity contribution < 1.29 is 0 Å². The van der Waals surface area contributed by atoms with Crippen molar-refractivity contribution in [3.8, 4) is 0 Å². The molecule has 164 valence electrons. The molecule has 0 saturated carbocycles. The maximum atomic E-state index is 6.99. The zero-order chi connectivity index (χ0) is 21.9. The second-order valence-corrected chi connectivity index (χ2v) is 8.66. The van der Waals surface area contributed by atoms with Crippen LogP contribution in [0.15, 0.2) is 73.2 Å². The molecule has 6 nitrogen and oxygen atoms in total. The molecule has 1 aliphatic heterocycles. The molecule has 1 unspecified atom stereocenters. The molecule has 0 aliphatic carbocycles. The van der Waals surface area contributed by atoms with Gasteiger partial charge < -0.3 is 4.57 Å². The highest BCUT2D eigenvalue weighted by atomic mass is 35.5. The molecule has 0 N–H and O–H groups in total. The van der Waals surface area contributed by atoms with E-state index in [9.17, 15) is 0 Å². The molecule has 4 aromatic rings. The summed E-state index contributed by atoms with van der Waals surface area (Å²) in [5, 5.41) is 0. The molecule has 0 amide bonds. The number of fused-ring (bicyclic) bond motifs is 1. The maximum Gasteiger partial charge on any atom is 0.163 e. The SMILES string of the molecule is CCn1cnc2cnc(CN3CCN(C(c4ccccc4)c4ccccc4)C(Cl)C3)nc21. The standard InChI is InChI=1S/C25H27ClN6/c1-2-31-18-28-21-15-27-23(29-25(21)31)17-30-13-14-32(22(26)16-30)24(19-9-5-3-6-10-19)20-11-7-4-8-12-20/h3-12,15,18,22,24H,2,13-14,16-17H2,1H3. The van der Waals surface area contributed by atoms with E-state index in [2.05, 4.69) is 87.4 Å². The van der Waals surface area contributed by atoms with Gasteiger partial charge in [0.2, 0.25) is 0 Å². The smallest absolute Gasteiger partial charge is 0.163 e. The Bertz CT molecular complexity index is 1120. The fourth-order valence-corrected chi connectivity index (χ4v) is 4.89. The molecular formula is C25H27ClN6. The van der Waals surface area contributed by atoms with Gasteiger partial charge in [-0.05, 0) is 18.1 Å². The number of halogens is 1. The molecule has 0 radical (unpaired) electrons. The molecule has 7 heteroatoms. The average molecular weight is 447 g/mol. The summed E-state index contributed by atoms with van der Waals surface area (Å²) in [6, 6.07) is 21.4. The second kappa shape index (κ2) is 9.36. The number of aromatic nitrogens is 4. The van der Waals surface area contributed by atoms with E-state index < -0.39 is 0 Å². The van der Waals surface area contributed by atoms with Crippen molar-refractivity contribution in [2.75, 3.05) is 19.6 Å². The van der Waals surface area contributed by atoms with Gasteiger partial charge in [0.1, 0.15) is 11.3 Å². The van der Waals surface area contributed by atoms with E-state index in [0.29, 0.717) is 6.54 Å². The van der Waals surface area contributed by atoms with Crippen LogP contribution >= 0.6 is 11.6 Å². The van der Waals surface area contributed by atoms with Gasteiger partial charge in [-0.15, -0.1) is 11.6 Å². The third-order valence-corrected chi connectivity index (χ3v) is 6.51. The van der Waals surface area contributed by atoms with Crippen LogP contribution < -0.4 is 0 Å². The summed E-state index contributed by atoms with van der Waals surface area (Å²) in [6.45, 7) is 6.16. The van der Waals surface area contributed by atoms with Crippen LogP contribution in [0.4, 0.5) is 0 Å². The van der Waals surface area contributed by atoms with Gasteiger partial charge in [0.25, 0.3) is 0 Å². The largest absolute Gasteiger partial charge is 0.315 e. The van der Waals surface area contributed by atoms with Gasteiger partial charge in [-0.3, -0.25) is 9.80 Å². The zero-order valence-corrected chi connectivity index (χ0v) is 18.9. The number of rotatable bonds is 6.